The van der Waals surface area contributed by atoms with Crippen molar-refractivity contribution < 1.29 is 4.42 Å². The van der Waals surface area contributed by atoms with E-state index in [0.29, 0.717) is 5.92 Å². The molecule has 66 valence electrons. The van der Waals surface area contributed by atoms with E-state index in [4.69, 9.17) is 4.42 Å². The van der Waals surface area contributed by atoms with Gasteiger partial charge in [-0.25, -0.2) is 0 Å². The molecule has 0 unspecified atom stereocenters. The normalized spacial score (nSPS) is 16.7. The van der Waals surface area contributed by atoms with Crippen molar-refractivity contribution in [2.24, 2.45) is 0 Å². The molecule has 0 atom stereocenters. The summed E-state index contributed by atoms with van der Waals surface area (Å²) in [6.07, 6.45) is 6.11. The number of pyridine rings is 1. The first-order valence-electron chi connectivity index (χ1n) is 4.38. The van der Waals surface area contributed by atoms with Gasteiger partial charge in [0.1, 0.15) is 11.3 Å². The molecule has 0 amide bonds. The monoisotopic (exact) mass is 237 g/mol. The zero-order valence-electron chi connectivity index (χ0n) is 6.96. The van der Waals surface area contributed by atoms with Gasteiger partial charge in [0, 0.05) is 18.3 Å². The van der Waals surface area contributed by atoms with E-state index in [1.54, 1.807) is 6.20 Å². The van der Waals surface area contributed by atoms with E-state index in [9.17, 15) is 0 Å². The molecule has 2 aromatic heterocycles. The Bertz CT molecular complexity index is 459. The molecule has 2 nitrogen and oxygen atoms in total. The van der Waals surface area contributed by atoms with Crippen LogP contribution < -0.4 is 0 Å². The average molecular weight is 238 g/mol. The van der Waals surface area contributed by atoms with Crippen LogP contribution in [-0.2, 0) is 0 Å². The van der Waals surface area contributed by atoms with Crippen LogP contribution in [0.4, 0.5) is 0 Å². The summed E-state index contributed by atoms with van der Waals surface area (Å²) >= 11 is 3.56. The van der Waals surface area contributed by atoms with Crippen molar-refractivity contribution >= 4 is 26.9 Å². The van der Waals surface area contributed by atoms with E-state index >= 15 is 0 Å². The van der Waals surface area contributed by atoms with Crippen molar-refractivity contribution in [2.75, 3.05) is 0 Å². The fraction of sp³-hybridized carbons (Fsp3) is 0.300. The van der Waals surface area contributed by atoms with Crippen LogP contribution in [0.15, 0.2) is 27.3 Å². The first-order valence-corrected chi connectivity index (χ1v) is 5.17. The minimum Gasteiger partial charge on any atom is -0.459 e. The van der Waals surface area contributed by atoms with Crippen molar-refractivity contribution in [2.45, 2.75) is 18.8 Å². The first kappa shape index (κ1) is 7.56. The van der Waals surface area contributed by atoms with Gasteiger partial charge in [-0.15, -0.1) is 0 Å². The topological polar surface area (TPSA) is 26.0 Å². The number of hydrogen-bond donors (Lipinski definition) is 0. The molecule has 0 spiro atoms. The Morgan fingerprint density at radius 1 is 1.46 bits per heavy atom. The molecular formula is C10H8BrNO. The zero-order chi connectivity index (χ0) is 8.84. The maximum atomic E-state index is 5.74. The molecule has 0 bridgehead atoms. The highest BCUT2D eigenvalue weighted by Gasteiger charge is 2.30. The van der Waals surface area contributed by atoms with Crippen LogP contribution in [0.5, 0.6) is 0 Å². The van der Waals surface area contributed by atoms with Crippen LogP contribution in [0.25, 0.3) is 11.0 Å². The third kappa shape index (κ3) is 1.10. The SMILES string of the molecule is Brc1c(C2CC2)oc2ccncc12. The molecule has 1 aliphatic rings. The van der Waals surface area contributed by atoms with Crippen molar-refractivity contribution in [3.8, 4) is 0 Å². The number of rotatable bonds is 1. The van der Waals surface area contributed by atoms with Crippen LogP contribution in [0.1, 0.15) is 24.5 Å². The Kier molecular flexibility index (Phi) is 1.50. The summed E-state index contributed by atoms with van der Waals surface area (Å²) in [4.78, 5) is 4.08. The standard InChI is InChI=1S/C10H8BrNO/c11-9-7-5-12-4-3-8(7)13-10(9)6-1-2-6/h3-6H,1-2H2. The molecule has 3 rings (SSSR count). The predicted molar refractivity (Wildman–Crippen MR) is 53.7 cm³/mol. The van der Waals surface area contributed by atoms with Crippen LogP contribution in [0.2, 0.25) is 0 Å². The molecule has 2 aromatic rings. The van der Waals surface area contributed by atoms with E-state index in [0.717, 1.165) is 21.2 Å². The van der Waals surface area contributed by atoms with Gasteiger partial charge in [0.25, 0.3) is 0 Å². The maximum absolute atomic E-state index is 5.74. The largest absolute Gasteiger partial charge is 0.459 e. The Labute approximate surface area is 84.1 Å². The highest BCUT2D eigenvalue weighted by Crippen LogP contribution is 2.46. The number of furan rings is 1. The molecule has 0 aliphatic heterocycles. The minimum absolute atomic E-state index is 0.641. The van der Waals surface area contributed by atoms with Gasteiger partial charge < -0.3 is 4.42 Å². The van der Waals surface area contributed by atoms with Gasteiger partial charge in [0.05, 0.1) is 9.86 Å². The van der Waals surface area contributed by atoms with Gasteiger partial charge in [-0.3, -0.25) is 4.98 Å². The Morgan fingerprint density at radius 3 is 3.00 bits per heavy atom. The summed E-state index contributed by atoms with van der Waals surface area (Å²) in [5.41, 5.74) is 0.934. The van der Waals surface area contributed by atoms with E-state index < -0.39 is 0 Å². The molecule has 1 aliphatic carbocycles. The molecule has 13 heavy (non-hydrogen) atoms. The summed E-state index contributed by atoms with van der Waals surface area (Å²) in [5, 5.41) is 1.09. The lowest BCUT2D eigenvalue weighted by Crippen LogP contribution is -1.72. The average Bonchev–Trinajstić information content (AvgIpc) is 2.94. The number of hydrogen-bond acceptors (Lipinski definition) is 2. The van der Waals surface area contributed by atoms with Crippen molar-refractivity contribution in [3.63, 3.8) is 0 Å². The van der Waals surface area contributed by atoms with Gasteiger partial charge in [0.2, 0.25) is 0 Å². The molecule has 0 N–H and O–H groups in total. The Hall–Kier alpha value is -0.830. The maximum Gasteiger partial charge on any atom is 0.138 e. The third-order valence-corrected chi connectivity index (χ3v) is 3.22. The molecule has 2 heterocycles. The zero-order valence-corrected chi connectivity index (χ0v) is 8.54. The summed E-state index contributed by atoms with van der Waals surface area (Å²) in [7, 11) is 0. The Morgan fingerprint density at radius 2 is 2.31 bits per heavy atom. The van der Waals surface area contributed by atoms with Crippen LogP contribution >= 0.6 is 15.9 Å². The van der Waals surface area contributed by atoms with E-state index in [-0.39, 0.29) is 0 Å². The summed E-state index contributed by atoms with van der Waals surface area (Å²) < 4.78 is 6.83. The summed E-state index contributed by atoms with van der Waals surface area (Å²) in [6.45, 7) is 0. The third-order valence-electron chi connectivity index (χ3n) is 2.40. The molecule has 0 saturated heterocycles. The highest BCUT2D eigenvalue weighted by atomic mass is 79.9. The van der Waals surface area contributed by atoms with Gasteiger partial charge in [-0.05, 0) is 34.8 Å². The fourth-order valence-corrected chi connectivity index (χ4v) is 2.24. The number of aromatic nitrogens is 1. The molecule has 0 radical (unpaired) electrons. The molecule has 1 saturated carbocycles. The molecular weight excluding hydrogens is 230 g/mol. The molecule has 0 aromatic carbocycles. The number of fused-ring (bicyclic) bond motifs is 1. The minimum atomic E-state index is 0.641. The van der Waals surface area contributed by atoms with E-state index in [1.807, 2.05) is 12.3 Å². The van der Waals surface area contributed by atoms with Crippen molar-refractivity contribution in [1.29, 1.82) is 0 Å². The number of halogens is 1. The lowest BCUT2D eigenvalue weighted by molar-refractivity contribution is 0.549. The fourth-order valence-electron chi connectivity index (χ4n) is 1.54. The van der Waals surface area contributed by atoms with Gasteiger partial charge in [-0.1, -0.05) is 0 Å². The second kappa shape index (κ2) is 2.58. The van der Waals surface area contributed by atoms with Gasteiger partial charge in [-0.2, -0.15) is 0 Å². The van der Waals surface area contributed by atoms with Crippen molar-refractivity contribution in [1.82, 2.24) is 4.98 Å². The second-order valence-corrected chi connectivity index (χ2v) is 4.22. The van der Waals surface area contributed by atoms with Crippen LogP contribution in [0.3, 0.4) is 0 Å². The molecule has 1 fully saturated rings. The Balaban J connectivity index is 2.30. The van der Waals surface area contributed by atoms with Gasteiger partial charge >= 0.3 is 0 Å². The molecule has 3 heteroatoms. The predicted octanol–water partition coefficient (Wildman–Crippen LogP) is 3.47. The van der Waals surface area contributed by atoms with Crippen molar-refractivity contribution in [3.05, 3.63) is 28.7 Å². The lowest BCUT2D eigenvalue weighted by atomic mass is 10.3. The second-order valence-electron chi connectivity index (χ2n) is 3.43. The highest BCUT2D eigenvalue weighted by molar-refractivity contribution is 9.10. The van der Waals surface area contributed by atoms with E-state index in [2.05, 4.69) is 20.9 Å². The van der Waals surface area contributed by atoms with Crippen LogP contribution in [0, 0.1) is 0 Å². The van der Waals surface area contributed by atoms with E-state index in [1.165, 1.54) is 12.8 Å². The summed E-state index contributed by atoms with van der Waals surface area (Å²) in [5.74, 6) is 1.74. The number of nitrogens with zero attached hydrogens (tertiary/aromatic N) is 1. The quantitative estimate of drug-likeness (QED) is 0.760. The summed E-state index contributed by atoms with van der Waals surface area (Å²) in [6, 6.07) is 1.91. The smallest absolute Gasteiger partial charge is 0.138 e. The lowest BCUT2D eigenvalue weighted by Gasteiger charge is -1.88. The first-order chi connectivity index (χ1) is 6.36. The van der Waals surface area contributed by atoms with Gasteiger partial charge in [0.15, 0.2) is 0 Å². The van der Waals surface area contributed by atoms with Crippen LogP contribution in [-0.4, -0.2) is 4.98 Å².